The van der Waals surface area contributed by atoms with Crippen molar-refractivity contribution in [2.45, 2.75) is 38.8 Å². The van der Waals surface area contributed by atoms with E-state index in [-0.39, 0.29) is 29.9 Å². The molecule has 1 amide bonds. The number of hydrogen-bond acceptors (Lipinski definition) is 3. The van der Waals surface area contributed by atoms with Crippen LogP contribution in [0.5, 0.6) is 0 Å². The highest BCUT2D eigenvalue weighted by molar-refractivity contribution is 6.27. The van der Waals surface area contributed by atoms with Crippen LogP contribution in [0.3, 0.4) is 0 Å². The van der Waals surface area contributed by atoms with Gasteiger partial charge in [-0.25, -0.2) is 18.7 Å². The van der Waals surface area contributed by atoms with E-state index in [1.807, 2.05) is 6.92 Å². The Morgan fingerprint density at radius 1 is 1.36 bits per heavy atom. The number of aryl methyl sites for hydroxylation is 2. The maximum Gasteiger partial charge on any atom is 0.238 e. The molecule has 132 valence electrons. The number of aromatic nitrogens is 2. The maximum absolute atomic E-state index is 14.0. The highest BCUT2D eigenvalue weighted by atomic mass is 35.5. The standard InChI is InChI=1S/C18H18ClF2N3O/c1-11-22-9-12-7-13(5-6-17(12)23-11)24(18(25)8-19)10-14-15(20)3-2-4-16(14)21/h2-4,9,13H,5-8,10H2,1H3. The lowest BCUT2D eigenvalue weighted by molar-refractivity contribution is -0.131. The summed E-state index contributed by atoms with van der Waals surface area (Å²) in [6.07, 6.45) is 3.67. The number of benzene rings is 1. The van der Waals surface area contributed by atoms with Gasteiger partial charge in [0.25, 0.3) is 0 Å². The number of hydrogen-bond donors (Lipinski definition) is 0. The Labute approximate surface area is 149 Å². The molecule has 7 heteroatoms. The smallest absolute Gasteiger partial charge is 0.238 e. The lowest BCUT2D eigenvalue weighted by Crippen LogP contribution is -2.44. The van der Waals surface area contributed by atoms with Gasteiger partial charge in [-0.15, -0.1) is 11.6 Å². The summed E-state index contributed by atoms with van der Waals surface area (Å²) in [5, 5.41) is 0. The predicted molar refractivity (Wildman–Crippen MR) is 90.2 cm³/mol. The average Bonchev–Trinajstić information content (AvgIpc) is 2.60. The second kappa shape index (κ2) is 7.44. The first kappa shape index (κ1) is 17.7. The van der Waals surface area contributed by atoms with E-state index in [2.05, 4.69) is 9.97 Å². The van der Waals surface area contributed by atoms with Gasteiger partial charge in [0.1, 0.15) is 23.3 Å². The van der Waals surface area contributed by atoms with Gasteiger partial charge in [0, 0.05) is 23.5 Å². The van der Waals surface area contributed by atoms with E-state index in [1.165, 1.54) is 23.1 Å². The minimum atomic E-state index is -0.664. The Hall–Kier alpha value is -2.08. The second-order valence-electron chi connectivity index (χ2n) is 6.14. The largest absolute Gasteiger partial charge is 0.334 e. The van der Waals surface area contributed by atoms with Crippen LogP contribution in [-0.4, -0.2) is 32.7 Å². The predicted octanol–water partition coefficient (Wildman–Crippen LogP) is 3.19. The lowest BCUT2D eigenvalue weighted by atomic mass is 9.91. The molecule has 1 heterocycles. The number of fused-ring (bicyclic) bond motifs is 1. The van der Waals surface area contributed by atoms with Gasteiger partial charge >= 0.3 is 0 Å². The fourth-order valence-electron chi connectivity index (χ4n) is 3.21. The highest BCUT2D eigenvalue weighted by Crippen LogP contribution is 2.26. The van der Waals surface area contributed by atoms with E-state index in [0.717, 1.165) is 11.3 Å². The van der Waals surface area contributed by atoms with Crippen molar-refractivity contribution >= 4 is 17.5 Å². The molecule has 4 nitrogen and oxygen atoms in total. The molecule has 0 N–H and O–H groups in total. The Morgan fingerprint density at radius 3 is 2.76 bits per heavy atom. The zero-order valence-electron chi connectivity index (χ0n) is 13.8. The van der Waals surface area contributed by atoms with Crippen molar-refractivity contribution in [2.24, 2.45) is 0 Å². The number of carbonyl (C=O) groups excluding carboxylic acids is 1. The monoisotopic (exact) mass is 365 g/mol. The number of carbonyl (C=O) groups is 1. The van der Waals surface area contributed by atoms with Crippen LogP contribution in [0, 0.1) is 18.6 Å². The van der Waals surface area contributed by atoms with Crippen molar-refractivity contribution in [1.82, 2.24) is 14.9 Å². The molecule has 0 radical (unpaired) electrons. The molecule has 25 heavy (non-hydrogen) atoms. The molecule has 0 saturated carbocycles. The van der Waals surface area contributed by atoms with E-state index in [0.29, 0.717) is 25.1 Å². The second-order valence-corrected chi connectivity index (χ2v) is 6.41. The quantitative estimate of drug-likeness (QED) is 0.782. The minimum Gasteiger partial charge on any atom is -0.334 e. The average molecular weight is 366 g/mol. The van der Waals surface area contributed by atoms with Crippen LogP contribution < -0.4 is 0 Å². The molecule has 1 unspecified atom stereocenters. The van der Waals surface area contributed by atoms with Crippen LogP contribution >= 0.6 is 11.6 Å². The summed E-state index contributed by atoms with van der Waals surface area (Å²) in [5.41, 5.74) is 1.81. The first-order valence-corrected chi connectivity index (χ1v) is 8.62. The van der Waals surface area contributed by atoms with Crippen molar-refractivity contribution in [2.75, 3.05) is 5.88 Å². The molecule has 1 aliphatic rings. The molecule has 0 saturated heterocycles. The number of nitrogens with zero attached hydrogens (tertiary/aromatic N) is 3. The molecule has 0 fully saturated rings. The Morgan fingerprint density at radius 2 is 2.08 bits per heavy atom. The summed E-state index contributed by atoms with van der Waals surface area (Å²) in [5.74, 6) is -1.20. The normalized spacial score (nSPS) is 16.4. The Kier molecular flexibility index (Phi) is 5.27. The van der Waals surface area contributed by atoms with Crippen molar-refractivity contribution in [3.63, 3.8) is 0 Å². The summed E-state index contributed by atoms with van der Waals surface area (Å²) >= 11 is 5.73. The van der Waals surface area contributed by atoms with Crippen molar-refractivity contribution < 1.29 is 13.6 Å². The summed E-state index contributed by atoms with van der Waals surface area (Å²) in [7, 11) is 0. The van der Waals surface area contributed by atoms with E-state index in [4.69, 9.17) is 11.6 Å². The third-order valence-corrected chi connectivity index (χ3v) is 4.74. The van der Waals surface area contributed by atoms with Gasteiger partial charge in [-0.1, -0.05) is 6.07 Å². The SMILES string of the molecule is Cc1ncc2c(n1)CCC(N(Cc1c(F)cccc1F)C(=O)CCl)C2. The first-order chi connectivity index (χ1) is 12.0. The topological polar surface area (TPSA) is 46.1 Å². The van der Waals surface area contributed by atoms with Crippen LogP contribution in [0.15, 0.2) is 24.4 Å². The van der Waals surface area contributed by atoms with Gasteiger partial charge < -0.3 is 4.90 Å². The van der Waals surface area contributed by atoms with Gasteiger partial charge in [-0.2, -0.15) is 0 Å². The molecule has 3 rings (SSSR count). The Bertz CT molecular complexity index is 780. The molecule has 0 spiro atoms. The molecular weight excluding hydrogens is 348 g/mol. The molecule has 1 aliphatic carbocycles. The van der Waals surface area contributed by atoms with Gasteiger partial charge in [0.2, 0.25) is 5.91 Å². The molecular formula is C18H18ClF2N3O. The minimum absolute atomic E-state index is 0.119. The third kappa shape index (κ3) is 3.79. The van der Waals surface area contributed by atoms with E-state index >= 15 is 0 Å². The summed E-state index contributed by atoms with van der Waals surface area (Å²) < 4.78 is 28.0. The zero-order valence-corrected chi connectivity index (χ0v) is 14.6. The molecule has 2 aromatic rings. The number of halogens is 3. The van der Waals surface area contributed by atoms with Crippen LogP contribution in [0.25, 0.3) is 0 Å². The van der Waals surface area contributed by atoms with Crippen LogP contribution in [0.2, 0.25) is 0 Å². The summed E-state index contributed by atoms with van der Waals surface area (Å²) in [4.78, 5) is 22.4. The van der Waals surface area contributed by atoms with Crippen molar-refractivity contribution in [3.05, 3.63) is 58.7 Å². The van der Waals surface area contributed by atoms with E-state index < -0.39 is 11.6 Å². The Balaban J connectivity index is 1.87. The molecule has 1 atom stereocenters. The van der Waals surface area contributed by atoms with Crippen molar-refractivity contribution in [1.29, 1.82) is 0 Å². The fourth-order valence-corrected chi connectivity index (χ4v) is 3.36. The van der Waals surface area contributed by atoms with E-state index in [1.54, 1.807) is 6.20 Å². The number of amides is 1. The summed E-state index contributed by atoms with van der Waals surface area (Å²) in [6, 6.07) is 3.49. The number of rotatable bonds is 4. The third-order valence-electron chi connectivity index (χ3n) is 4.51. The van der Waals surface area contributed by atoms with Gasteiger partial charge in [-0.3, -0.25) is 4.79 Å². The van der Waals surface area contributed by atoms with Crippen LogP contribution in [-0.2, 0) is 24.2 Å². The summed E-state index contributed by atoms with van der Waals surface area (Å²) in [6.45, 7) is 1.69. The molecule has 0 aliphatic heterocycles. The van der Waals surface area contributed by atoms with Gasteiger partial charge in [-0.05, 0) is 43.9 Å². The van der Waals surface area contributed by atoms with Gasteiger partial charge in [0.15, 0.2) is 0 Å². The van der Waals surface area contributed by atoms with Crippen LogP contribution in [0.4, 0.5) is 8.78 Å². The van der Waals surface area contributed by atoms with Gasteiger partial charge in [0.05, 0.1) is 6.54 Å². The molecule has 0 bridgehead atoms. The zero-order chi connectivity index (χ0) is 18.0. The number of alkyl halides is 1. The fraction of sp³-hybridized carbons (Fsp3) is 0.389. The maximum atomic E-state index is 14.0. The van der Waals surface area contributed by atoms with Crippen LogP contribution in [0.1, 0.15) is 29.1 Å². The molecule has 1 aromatic carbocycles. The van der Waals surface area contributed by atoms with E-state index in [9.17, 15) is 13.6 Å². The molecule has 1 aromatic heterocycles. The van der Waals surface area contributed by atoms with Crippen molar-refractivity contribution in [3.8, 4) is 0 Å². The first-order valence-electron chi connectivity index (χ1n) is 8.09. The lowest BCUT2D eigenvalue weighted by Gasteiger charge is -2.34. The highest BCUT2D eigenvalue weighted by Gasteiger charge is 2.29.